The zero-order valence-electron chi connectivity index (χ0n) is 21.5. The molecular formula is C28H29ClN4O4S. The molecular weight excluding hydrogens is 524 g/mol. The maximum absolute atomic E-state index is 13.5. The molecule has 0 radical (unpaired) electrons. The lowest BCUT2D eigenvalue weighted by atomic mass is 10.0. The van der Waals surface area contributed by atoms with Crippen LogP contribution in [0, 0.1) is 0 Å². The minimum absolute atomic E-state index is 0.0528. The summed E-state index contributed by atoms with van der Waals surface area (Å²) in [6, 6.07) is 12.4. The Labute approximate surface area is 230 Å². The van der Waals surface area contributed by atoms with Gasteiger partial charge in [-0.25, -0.2) is 0 Å². The molecule has 3 amide bonds. The number of nitrogens with zero attached hydrogens (tertiary/aromatic N) is 3. The van der Waals surface area contributed by atoms with Crippen LogP contribution in [-0.4, -0.2) is 81.5 Å². The van der Waals surface area contributed by atoms with Crippen molar-refractivity contribution in [2.45, 2.75) is 6.42 Å². The summed E-state index contributed by atoms with van der Waals surface area (Å²) in [6.45, 7) is 3.48. The molecule has 0 bridgehead atoms. The van der Waals surface area contributed by atoms with E-state index in [9.17, 15) is 14.4 Å². The average molecular weight is 553 g/mol. The van der Waals surface area contributed by atoms with E-state index in [4.69, 9.17) is 16.3 Å². The molecule has 0 atom stereocenters. The van der Waals surface area contributed by atoms with Crippen LogP contribution in [0.5, 0.6) is 5.75 Å². The molecule has 3 aromatic rings. The smallest absolute Gasteiger partial charge is 0.268 e. The first-order valence-corrected chi connectivity index (χ1v) is 13.6. The summed E-state index contributed by atoms with van der Waals surface area (Å²) < 4.78 is 5.92. The highest BCUT2D eigenvalue weighted by Crippen LogP contribution is 2.42. The summed E-state index contributed by atoms with van der Waals surface area (Å²) in [5.41, 5.74) is 3.46. The summed E-state index contributed by atoms with van der Waals surface area (Å²) in [5.74, 6) is 0.205. The number of rotatable bonds is 4. The Morgan fingerprint density at radius 1 is 1.03 bits per heavy atom. The first kappa shape index (κ1) is 26.2. The predicted octanol–water partition coefficient (Wildman–Crippen LogP) is 4.03. The number of ether oxygens (including phenoxy) is 1. The van der Waals surface area contributed by atoms with Crippen LogP contribution in [0.3, 0.4) is 0 Å². The first-order valence-electron chi connectivity index (χ1n) is 12.4. The molecule has 0 unspecified atom stereocenters. The molecule has 1 N–H and O–H groups in total. The quantitative estimate of drug-likeness (QED) is 0.528. The third kappa shape index (κ3) is 5.01. The normalized spacial score (nSPS) is 15.1. The summed E-state index contributed by atoms with van der Waals surface area (Å²) >= 11 is 7.98. The number of amides is 3. The van der Waals surface area contributed by atoms with Gasteiger partial charge in [0.1, 0.15) is 5.75 Å². The van der Waals surface area contributed by atoms with Crippen molar-refractivity contribution in [3.05, 3.63) is 69.1 Å². The molecule has 1 saturated heterocycles. The standard InChI is InChI=1S/C28H29ClN4O4S/c1-30-26(34)18-4-6-20-23(15-18)37-13-8-17-16-24(38-25(17)20)28(36)32(3)22-7-5-19(14-21(22)29)27(35)33-11-9-31(2)10-12-33/h4-7,14-16H,8-13H2,1-3H3,(H,30,34). The van der Waals surface area contributed by atoms with Crippen molar-refractivity contribution in [3.8, 4) is 16.2 Å². The van der Waals surface area contributed by atoms with E-state index in [2.05, 4.69) is 10.2 Å². The van der Waals surface area contributed by atoms with E-state index in [0.717, 1.165) is 29.1 Å². The molecule has 8 nitrogen and oxygen atoms in total. The lowest BCUT2D eigenvalue weighted by Crippen LogP contribution is -2.47. The van der Waals surface area contributed by atoms with Gasteiger partial charge in [0.15, 0.2) is 0 Å². The molecule has 1 fully saturated rings. The molecule has 0 saturated carbocycles. The fourth-order valence-electron chi connectivity index (χ4n) is 4.71. The van der Waals surface area contributed by atoms with Crippen molar-refractivity contribution in [1.82, 2.24) is 15.1 Å². The Balaban J connectivity index is 1.37. The summed E-state index contributed by atoms with van der Waals surface area (Å²) in [4.78, 5) is 45.6. The lowest BCUT2D eigenvalue weighted by Gasteiger charge is -2.32. The summed E-state index contributed by atoms with van der Waals surface area (Å²) in [6.07, 6.45) is 0.649. The summed E-state index contributed by atoms with van der Waals surface area (Å²) in [5, 5.41) is 2.97. The number of halogens is 1. The number of likely N-dealkylation sites (N-methyl/N-ethyl adjacent to an activating group) is 1. The van der Waals surface area contributed by atoms with E-state index in [0.29, 0.717) is 58.6 Å². The molecule has 3 heterocycles. The molecule has 198 valence electrons. The Morgan fingerprint density at radius 2 is 1.76 bits per heavy atom. The zero-order chi connectivity index (χ0) is 27.0. The third-order valence-electron chi connectivity index (χ3n) is 7.02. The van der Waals surface area contributed by atoms with Crippen LogP contribution < -0.4 is 15.0 Å². The van der Waals surface area contributed by atoms with Gasteiger partial charge in [0.2, 0.25) is 0 Å². The van der Waals surface area contributed by atoms with E-state index in [1.165, 1.54) is 16.2 Å². The van der Waals surface area contributed by atoms with Gasteiger partial charge in [-0.2, -0.15) is 0 Å². The number of nitrogens with one attached hydrogen (secondary N) is 1. The Kier molecular flexibility index (Phi) is 7.43. The van der Waals surface area contributed by atoms with Crippen molar-refractivity contribution < 1.29 is 19.1 Å². The average Bonchev–Trinajstić information content (AvgIpc) is 3.27. The van der Waals surface area contributed by atoms with Crippen LogP contribution in [0.4, 0.5) is 5.69 Å². The number of benzene rings is 2. The van der Waals surface area contributed by atoms with E-state index in [-0.39, 0.29) is 17.7 Å². The Morgan fingerprint density at radius 3 is 2.47 bits per heavy atom. The van der Waals surface area contributed by atoms with Gasteiger partial charge in [0.25, 0.3) is 17.7 Å². The predicted molar refractivity (Wildman–Crippen MR) is 150 cm³/mol. The second-order valence-electron chi connectivity index (χ2n) is 9.48. The van der Waals surface area contributed by atoms with Gasteiger partial charge < -0.3 is 24.8 Å². The SMILES string of the molecule is CNC(=O)c1ccc2c(c1)OCCc1cc(C(=O)N(C)c3ccc(C(=O)N4CCN(C)CC4)cc3Cl)sc1-2. The van der Waals surface area contributed by atoms with Crippen LogP contribution in [0.2, 0.25) is 5.02 Å². The number of anilines is 1. The maximum Gasteiger partial charge on any atom is 0.268 e. The van der Waals surface area contributed by atoms with Gasteiger partial charge in [0.05, 0.1) is 22.2 Å². The molecule has 38 heavy (non-hydrogen) atoms. The van der Waals surface area contributed by atoms with Gasteiger partial charge in [-0.3, -0.25) is 14.4 Å². The summed E-state index contributed by atoms with van der Waals surface area (Å²) in [7, 11) is 5.32. The van der Waals surface area contributed by atoms with Gasteiger partial charge in [0, 0.05) is 68.3 Å². The molecule has 1 aromatic heterocycles. The largest absolute Gasteiger partial charge is 0.493 e. The Hall–Kier alpha value is -3.40. The fourth-order valence-corrected chi connectivity index (χ4v) is 6.24. The van der Waals surface area contributed by atoms with Crippen LogP contribution in [0.25, 0.3) is 10.4 Å². The van der Waals surface area contributed by atoms with Crippen molar-refractivity contribution >= 4 is 46.3 Å². The fraction of sp³-hybridized carbons (Fsp3) is 0.321. The van der Waals surface area contributed by atoms with Gasteiger partial charge in [-0.1, -0.05) is 11.6 Å². The second-order valence-corrected chi connectivity index (χ2v) is 10.9. The van der Waals surface area contributed by atoms with Gasteiger partial charge in [-0.05, 0) is 55.1 Å². The number of hydrogen-bond acceptors (Lipinski definition) is 6. The van der Waals surface area contributed by atoms with Crippen LogP contribution in [0.1, 0.15) is 36.0 Å². The van der Waals surface area contributed by atoms with Crippen molar-refractivity contribution in [2.24, 2.45) is 0 Å². The minimum Gasteiger partial charge on any atom is -0.493 e. The van der Waals surface area contributed by atoms with Crippen molar-refractivity contribution in [2.75, 3.05) is 58.8 Å². The minimum atomic E-state index is -0.187. The molecule has 0 spiro atoms. The molecule has 2 aliphatic heterocycles. The molecule has 2 aliphatic rings. The molecule has 0 aliphatic carbocycles. The van der Waals surface area contributed by atoms with Crippen LogP contribution in [-0.2, 0) is 6.42 Å². The molecule has 2 aromatic carbocycles. The number of carbonyl (C=O) groups is 3. The third-order valence-corrected chi connectivity index (χ3v) is 8.52. The highest BCUT2D eigenvalue weighted by molar-refractivity contribution is 7.17. The molecule has 5 rings (SSSR count). The van der Waals surface area contributed by atoms with Gasteiger partial charge >= 0.3 is 0 Å². The van der Waals surface area contributed by atoms with Crippen LogP contribution in [0.15, 0.2) is 42.5 Å². The lowest BCUT2D eigenvalue weighted by molar-refractivity contribution is 0.0664. The van der Waals surface area contributed by atoms with Crippen molar-refractivity contribution in [3.63, 3.8) is 0 Å². The first-order chi connectivity index (χ1) is 18.3. The van der Waals surface area contributed by atoms with E-state index < -0.39 is 0 Å². The topological polar surface area (TPSA) is 82.2 Å². The van der Waals surface area contributed by atoms with Gasteiger partial charge in [-0.15, -0.1) is 11.3 Å². The van der Waals surface area contributed by atoms with E-state index >= 15 is 0 Å². The van der Waals surface area contributed by atoms with Crippen molar-refractivity contribution in [1.29, 1.82) is 0 Å². The number of piperazine rings is 1. The number of hydrogen-bond donors (Lipinski definition) is 1. The van der Waals surface area contributed by atoms with E-state index in [1.807, 2.05) is 24.1 Å². The zero-order valence-corrected chi connectivity index (χ0v) is 23.1. The highest BCUT2D eigenvalue weighted by atomic mass is 35.5. The van der Waals surface area contributed by atoms with Crippen LogP contribution >= 0.6 is 22.9 Å². The number of carbonyl (C=O) groups excluding carboxylic acids is 3. The molecule has 10 heteroatoms. The maximum atomic E-state index is 13.5. The number of thiophene rings is 1. The Bertz CT molecular complexity index is 1410. The highest BCUT2D eigenvalue weighted by Gasteiger charge is 2.26. The second kappa shape index (κ2) is 10.8. The monoisotopic (exact) mass is 552 g/mol. The van der Waals surface area contributed by atoms with E-state index in [1.54, 1.807) is 44.4 Å². The number of fused-ring (bicyclic) bond motifs is 3.